The molecule has 0 heteroatoms. The monoisotopic (exact) mass is 204 g/mol. The van der Waals surface area contributed by atoms with Crippen molar-refractivity contribution in [1.82, 2.24) is 0 Å². The van der Waals surface area contributed by atoms with Crippen molar-refractivity contribution in [2.45, 2.75) is 52.9 Å². The molecule has 2 unspecified atom stereocenters. The van der Waals surface area contributed by atoms with Crippen molar-refractivity contribution in [3.8, 4) is 0 Å². The minimum absolute atomic E-state index is 0.537. The maximum atomic E-state index is 2.60. The van der Waals surface area contributed by atoms with Crippen LogP contribution in [0.3, 0.4) is 0 Å². The van der Waals surface area contributed by atoms with Crippen molar-refractivity contribution in [1.29, 1.82) is 0 Å². The van der Waals surface area contributed by atoms with Crippen molar-refractivity contribution in [2.75, 3.05) is 0 Å². The average Bonchev–Trinajstić information content (AvgIpc) is 2.64. The van der Waals surface area contributed by atoms with Gasteiger partial charge in [0.15, 0.2) is 0 Å². The minimum atomic E-state index is 0.537. The van der Waals surface area contributed by atoms with Gasteiger partial charge in [0.25, 0.3) is 0 Å². The molecule has 0 amide bonds. The van der Waals surface area contributed by atoms with Gasteiger partial charge in [0.2, 0.25) is 0 Å². The summed E-state index contributed by atoms with van der Waals surface area (Å²) in [6, 6.07) is 0. The van der Waals surface area contributed by atoms with E-state index in [0.717, 1.165) is 17.8 Å². The van der Waals surface area contributed by atoms with E-state index in [2.05, 4.69) is 32.9 Å². The lowest BCUT2D eigenvalue weighted by Gasteiger charge is -2.39. The highest BCUT2D eigenvalue weighted by Gasteiger charge is 2.68. The fraction of sp³-hybridized carbons (Fsp3) is 0.867. The molecule has 0 aromatic carbocycles. The highest BCUT2D eigenvalue weighted by atomic mass is 14.7. The van der Waals surface area contributed by atoms with Gasteiger partial charge in [0.05, 0.1) is 0 Å². The van der Waals surface area contributed by atoms with E-state index in [1.54, 1.807) is 0 Å². The van der Waals surface area contributed by atoms with E-state index in [1.165, 1.54) is 32.1 Å². The second-order valence-electron chi connectivity index (χ2n) is 6.52. The first-order chi connectivity index (χ1) is 7.13. The molecule has 0 N–H and O–H groups in total. The highest BCUT2D eigenvalue weighted by molar-refractivity contribution is 5.24. The van der Waals surface area contributed by atoms with E-state index >= 15 is 0 Å². The van der Waals surface area contributed by atoms with Gasteiger partial charge in [-0.05, 0) is 60.7 Å². The van der Waals surface area contributed by atoms with Gasteiger partial charge in [-0.25, -0.2) is 0 Å². The molecule has 0 aromatic heterocycles. The predicted molar refractivity (Wildman–Crippen MR) is 64.6 cm³/mol. The molecule has 84 valence electrons. The smallest absolute Gasteiger partial charge is 0.00590 e. The highest BCUT2D eigenvalue weighted by Crippen LogP contribution is 2.76. The molecule has 0 heterocycles. The summed E-state index contributed by atoms with van der Waals surface area (Å²) in [7, 11) is 0. The average molecular weight is 204 g/mol. The Morgan fingerprint density at radius 3 is 2.20 bits per heavy atom. The normalized spacial score (nSPS) is 57.1. The van der Waals surface area contributed by atoms with Crippen LogP contribution in [0.15, 0.2) is 12.2 Å². The number of allylic oxidation sites excluding steroid dienone is 2. The zero-order valence-corrected chi connectivity index (χ0v) is 10.4. The van der Waals surface area contributed by atoms with Crippen LogP contribution in [0.4, 0.5) is 0 Å². The van der Waals surface area contributed by atoms with Crippen molar-refractivity contribution in [3.63, 3.8) is 0 Å². The second kappa shape index (κ2) is 2.90. The summed E-state index contributed by atoms with van der Waals surface area (Å²) < 4.78 is 0. The minimum Gasteiger partial charge on any atom is -0.0882 e. The van der Waals surface area contributed by atoms with Crippen molar-refractivity contribution in [3.05, 3.63) is 12.2 Å². The first-order valence-electron chi connectivity index (χ1n) is 6.80. The van der Waals surface area contributed by atoms with Gasteiger partial charge < -0.3 is 0 Å². The Morgan fingerprint density at radius 2 is 1.67 bits per heavy atom. The van der Waals surface area contributed by atoms with Crippen LogP contribution in [0.25, 0.3) is 0 Å². The molecule has 0 radical (unpaired) electrons. The summed E-state index contributed by atoms with van der Waals surface area (Å²) in [6.45, 7) is 7.41. The van der Waals surface area contributed by atoms with Gasteiger partial charge in [-0.1, -0.05) is 32.9 Å². The molecule has 3 rings (SSSR count). The molecule has 3 fully saturated rings. The quantitative estimate of drug-likeness (QED) is 0.584. The van der Waals surface area contributed by atoms with Crippen LogP contribution < -0.4 is 0 Å². The Bertz CT molecular complexity index is 287. The summed E-state index contributed by atoms with van der Waals surface area (Å²) in [5, 5.41) is 0. The van der Waals surface area contributed by atoms with Gasteiger partial charge in [-0.15, -0.1) is 0 Å². The largest absolute Gasteiger partial charge is 0.0882 e. The molecule has 0 aliphatic heterocycles. The third kappa shape index (κ3) is 0.946. The van der Waals surface area contributed by atoms with Gasteiger partial charge in [0.1, 0.15) is 0 Å². The molecule has 3 aliphatic rings. The van der Waals surface area contributed by atoms with Gasteiger partial charge in [-0.2, -0.15) is 0 Å². The number of hydrogen-bond acceptors (Lipinski definition) is 0. The van der Waals surface area contributed by atoms with E-state index in [9.17, 15) is 0 Å². The molecule has 15 heavy (non-hydrogen) atoms. The second-order valence-corrected chi connectivity index (χ2v) is 6.52. The third-order valence-electron chi connectivity index (χ3n) is 6.41. The number of fused-ring (bicyclic) bond motifs is 1. The predicted octanol–water partition coefficient (Wildman–Crippen LogP) is 4.42. The maximum absolute atomic E-state index is 2.60. The van der Waals surface area contributed by atoms with Crippen LogP contribution in [-0.4, -0.2) is 0 Å². The maximum Gasteiger partial charge on any atom is -0.00590 e. The van der Waals surface area contributed by atoms with Gasteiger partial charge in [-0.3, -0.25) is 0 Å². The van der Waals surface area contributed by atoms with Crippen LogP contribution in [0.2, 0.25) is 0 Å². The Hall–Kier alpha value is -0.260. The molecule has 0 spiro atoms. The van der Waals surface area contributed by atoms with Crippen LogP contribution in [0, 0.1) is 28.6 Å². The van der Waals surface area contributed by atoms with Crippen LogP contribution in [0.5, 0.6) is 0 Å². The lowest BCUT2D eigenvalue weighted by atomic mass is 9.65. The summed E-state index contributed by atoms with van der Waals surface area (Å²) >= 11 is 0. The first-order valence-corrected chi connectivity index (χ1v) is 6.80. The molecule has 2 bridgehead atoms. The number of hydrogen-bond donors (Lipinski definition) is 0. The molecule has 0 saturated heterocycles. The fourth-order valence-corrected chi connectivity index (χ4v) is 5.33. The molecular weight excluding hydrogens is 180 g/mol. The molecule has 3 aliphatic carbocycles. The SMILES string of the molecule is CC/C=C\[C@@]1(C)C2CC3CCC(C2)C31C. The van der Waals surface area contributed by atoms with Gasteiger partial charge in [0, 0.05) is 0 Å². The lowest BCUT2D eigenvalue weighted by Crippen LogP contribution is -2.34. The molecule has 3 atom stereocenters. The fourth-order valence-electron chi connectivity index (χ4n) is 5.33. The Labute approximate surface area is 94.1 Å². The zero-order chi connectivity index (χ0) is 10.7. The molecular formula is C15H24. The van der Waals surface area contributed by atoms with E-state index in [-0.39, 0.29) is 0 Å². The zero-order valence-electron chi connectivity index (χ0n) is 10.4. The topological polar surface area (TPSA) is 0 Å². The van der Waals surface area contributed by atoms with E-state index in [4.69, 9.17) is 0 Å². The molecule has 3 saturated carbocycles. The van der Waals surface area contributed by atoms with E-state index in [1.807, 2.05) is 0 Å². The number of rotatable bonds is 2. The summed E-state index contributed by atoms with van der Waals surface area (Å²) in [6.07, 6.45) is 12.3. The van der Waals surface area contributed by atoms with Gasteiger partial charge >= 0.3 is 0 Å². The van der Waals surface area contributed by atoms with Crippen molar-refractivity contribution < 1.29 is 0 Å². The van der Waals surface area contributed by atoms with Crippen molar-refractivity contribution in [2.24, 2.45) is 28.6 Å². The first kappa shape index (κ1) is 9.93. The van der Waals surface area contributed by atoms with Crippen molar-refractivity contribution >= 4 is 0 Å². The summed E-state index contributed by atoms with van der Waals surface area (Å²) in [4.78, 5) is 0. The summed E-state index contributed by atoms with van der Waals surface area (Å²) in [5.74, 6) is 3.10. The van der Waals surface area contributed by atoms with Crippen LogP contribution >= 0.6 is 0 Å². The third-order valence-corrected chi connectivity index (χ3v) is 6.41. The molecule has 0 aromatic rings. The van der Waals surface area contributed by atoms with E-state index in [0.29, 0.717) is 10.8 Å². The van der Waals surface area contributed by atoms with Crippen LogP contribution in [-0.2, 0) is 0 Å². The Balaban J connectivity index is 2.02. The summed E-state index contributed by atoms with van der Waals surface area (Å²) in [5.41, 5.74) is 1.19. The molecule has 0 nitrogen and oxygen atoms in total. The Morgan fingerprint density at radius 1 is 1.07 bits per heavy atom. The lowest BCUT2D eigenvalue weighted by molar-refractivity contribution is 0.118. The van der Waals surface area contributed by atoms with Crippen LogP contribution in [0.1, 0.15) is 52.9 Å². The standard InChI is InChI=1S/C15H24/c1-4-5-8-14(2)13-9-11-6-7-12(10-13)15(11,14)3/h5,8,11-13H,4,6-7,9-10H2,1-3H3/b8-5-/t11?,12?,13?,14-,15?/m0/s1. The Kier molecular flexibility index (Phi) is 1.92. The van der Waals surface area contributed by atoms with E-state index < -0.39 is 0 Å².